The van der Waals surface area contributed by atoms with Crippen molar-refractivity contribution in [1.29, 1.82) is 0 Å². The first-order chi connectivity index (χ1) is 8.14. The Morgan fingerprint density at radius 2 is 1.25 bits per heavy atom. The predicted molar refractivity (Wildman–Crippen MR) is 79.3 cm³/mol. The van der Waals surface area contributed by atoms with E-state index in [0.29, 0.717) is 0 Å². The molecule has 1 heteroatoms. The summed E-state index contributed by atoms with van der Waals surface area (Å²) in [6.45, 7) is 6.91. The van der Waals surface area contributed by atoms with Gasteiger partial charge in [0, 0.05) is 7.26 Å². The van der Waals surface area contributed by atoms with Gasteiger partial charge in [0.25, 0.3) is 0 Å². The Morgan fingerprint density at radius 1 is 0.875 bits per heavy atom. The molecule has 1 aliphatic rings. The molecule has 1 saturated carbocycles. The van der Waals surface area contributed by atoms with Gasteiger partial charge in [-0.3, -0.25) is 0 Å². The third-order valence-electron chi connectivity index (χ3n) is 3.96. The summed E-state index contributed by atoms with van der Waals surface area (Å²) < 4.78 is 8.73. The summed E-state index contributed by atoms with van der Waals surface area (Å²) in [5.41, 5.74) is 0.0759. The second kappa shape index (κ2) is 7.70. The van der Waals surface area contributed by atoms with Crippen LogP contribution in [-0.4, -0.2) is 24.1 Å². The predicted octanol–water partition coefficient (Wildman–Crippen LogP) is 5.57. The topological polar surface area (TPSA) is 0 Å². The molecule has 0 atom stereocenters. The van der Waals surface area contributed by atoms with Crippen LogP contribution in [0, 0.1) is 0 Å². The Balaban J connectivity index is 2.68. The maximum atomic E-state index is 8.73. The fourth-order valence-corrected chi connectivity index (χ4v) is 8.17. The van der Waals surface area contributed by atoms with Crippen LogP contribution in [0.15, 0.2) is 0 Å². The highest BCUT2D eigenvalue weighted by Crippen LogP contribution is 2.71. The molecule has 1 aliphatic carbocycles. The quantitative estimate of drug-likeness (QED) is 0.441. The fourth-order valence-electron chi connectivity index (χ4n) is 2.72. The molecule has 0 bridgehead atoms. The zero-order valence-corrected chi connectivity index (χ0v) is 12.6. The lowest BCUT2D eigenvalue weighted by molar-refractivity contribution is 0.831. The van der Waals surface area contributed by atoms with Crippen LogP contribution in [0.3, 0.4) is 0 Å². The van der Waals surface area contributed by atoms with E-state index in [4.69, 9.17) is 1.37 Å². The highest BCUT2D eigenvalue weighted by atomic mass is 31.2. The van der Waals surface area contributed by atoms with E-state index in [1.807, 2.05) is 0 Å². The molecule has 0 saturated heterocycles. The van der Waals surface area contributed by atoms with Crippen molar-refractivity contribution in [2.75, 3.05) is 18.5 Å². The SMILES string of the molecule is [2H]C1([P+](CCCC)(CCCC)CCCC)CC1. The Morgan fingerprint density at radius 3 is 1.50 bits per heavy atom. The van der Waals surface area contributed by atoms with Crippen molar-refractivity contribution in [3.05, 3.63) is 0 Å². The van der Waals surface area contributed by atoms with E-state index in [2.05, 4.69) is 20.8 Å². The van der Waals surface area contributed by atoms with E-state index >= 15 is 0 Å². The van der Waals surface area contributed by atoms with Gasteiger partial charge >= 0.3 is 0 Å². The third kappa shape index (κ3) is 4.36. The first kappa shape index (κ1) is 12.9. The molecule has 0 aromatic rings. The first-order valence-electron chi connectivity index (χ1n) is 8.00. The third-order valence-corrected chi connectivity index (χ3v) is 9.27. The van der Waals surface area contributed by atoms with Gasteiger partial charge in [0.2, 0.25) is 0 Å². The lowest BCUT2D eigenvalue weighted by Crippen LogP contribution is -2.13. The van der Waals surface area contributed by atoms with Crippen LogP contribution in [0.25, 0.3) is 0 Å². The van der Waals surface area contributed by atoms with Crippen molar-refractivity contribution >= 4 is 7.26 Å². The average Bonchev–Trinajstić information content (AvgIpc) is 3.08. The van der Waals surface area contributed by atoms with Gasteiger partial charge in [-0.1, -0.05) is 40.0 Å². The smallest absolute Gasteiger partial charge is 0.0652 e. The molecule has 0 nitrogen and oxygen atoms in total. The maximum absolute atomic E-state index is 8.73. The molecule has 16 heavy (non-hydrogen) atoms. The van der Waals surface area contributed by atoms with E-state index in [1.54, 1.807) is 0 Å². The molecule has 0 aromatic heterocycles. The summed E-state index contributed by atoms with van der Waals surface area (Å²) in [5, 5.41) is 0. The van der Waals surface area contributed by atoms with Crippen molar-refractivity contribution in [3.63, 3.8) is 0 Å². The normalized spacial score (nSPS) is 19.6. The van der Waals surface area contributed by atoms with E-state index < -0.39 is 7.26 Å². The summed E-state index contributed by atoms with van der Waals surface area (Å²) in [6, 6.07) is 0. The van der Waals surface area contributed by atoms with Crippen molar-refractivity contribution in [2.45, 2.75) is 77.8 Å². The van der Waals surface area contributed by atoms with Crippen LogP contribution in [-0.2, 0) is 0 Å². The molecule has 1 fully saturated rings. The molecule has 0 aromatic carbocycles. The number of hydrogen-bond acceptors (Lipinski definition) is 0. The summed E-state index contributed by atoms with van der Waals surface area (Å²) >= 11 is 0. The minimum atomic E-state index is -0.952. The molecule has 0 aliphatic heterocycles. The summed E-state index contributed by atoms with van der Waals surface area (Å²) in [6.07, 6.45) is 14.8. The molecule has 0 heterocycles. The van der Waals surface area contributed by atoms with Gasteiger partial charge in [-0.05, 0) is 32.1 Å². The fraction of sp³-hybridized carbons (Fsp3) is 1.00. The largest absolute Gasteiger partial charge is 0.0745 e. The summed E-state index contributed by atoms with van der Waals surface area (Å²) in [4.78, 5) is 0. The second-order valence-electron chi connectivity index (χ2n) is 5.44. The lowest BCUT2D eigenvalue weighted by Gasteiger charge is -2.28. The van der Waals surface area contributed by atoms with Crippen LogP contribution in [0.2, 0.25) is 0 Å². The van der Waals surface area contributed by atoms with Crippen LogP contribution >= 0.6 is 7.26 Å². The monoisotopic (exact) mass is 244 g/mol. The highest BCUT2D eigenvalue weighted by molar-refractivity contribution is 7.76. The molecule has 0 radical (unpaired) electrons. The van der Waals surface area contributed by atoms with E-state index in [9.17, 15) is 0 Å². The maximum Gasteiger partial charge on any atom is 0.0745 e. The van der Waals surface area contributed by atoms with Crippen LogP contribution in [0.1, 0.15) is 73.5 Å². The molecule has 0 unspecified atom stereocenters. The van der Waals surface area contributed by atoms with Gasteiger partial charge < -0.3 is 0 Å². The molecule has 0 N–H and O–H groups in total. The number of rotatable bonds is 10. The summed E-state index contributed by atoms with van der Waals surface area (Å²) in [7, 11) is -0.952. The Kier molecular flexibility index (Phi) is 6.19. The van der Waals surface area contributed by atoms with Crippen molar-refractivity contribution < 1.29 is 1.37 Å². The lowest BCUT2D eigenvalue weighted by atomic mass is 10.4. The van der Waals surface area contributed by atoms with Crippen molar-refractivity contribution in [1.82, 2.24) is 0 Å². The average molecular weight is 244 g/mol. The number of unbranched alkanes of at least 4 members (excludes halogenated alkanes) is 3. The van der Waals surface area contributed by atoms with Gasteiger partial charge in [0.1, 0.15) is 0 Å². The van der Waals surface area contributed by atoms with Crippen molar-refractivity contribution in [2.24, 2.45) is 0 Å². The highest BCUT2D eigenvalue weighted by Gasteiger charge is 2.49. The molecular weight excluding hydrogens is 211 g/mol. The van der Waals surface area contributed by atoms with Gasteiger partial charge in [-0.25, -0.2) is 0 Å². The Bertz CT molecular complexity index is 189. The summed E-state index contributed by atoms with van der Waals surface area (Å²) in [5.74, 6) is 0. The minimum Gasteiger partial charge on any atom is -0.0652 e. The van der Waals surface area contributed by atoms with Gasteiger partial charge in [0.15, 0.2) is 0 Å². The number of hydrogen-bond donors (Lipinski definition) is 0. The standard InChI is InChI=1S/C15H32P/c1-4-7-12-16(13-8-5-2,14-9-6-3)15-10-11-15/h15H,4-14H2,1-3H3/q+1/i15D. The minimum absolute atomic E-state index is 0.0759. The Hall–Kier alpha value is 0.430. The molecule has 0 amide bonds. The molecular formula is C15H32P+. The second-order valence-corrected chi connectivity index (χ2v) is 9.71. The van der Waals surface area contributed by atoms with E-state index in [-0.39, 0.29) is 5.64 Å². The first-order valence-corrected chi connectivity index (χ1v) is 9.85. The molecule has 96 valence electrons. The van der Waals surface area contributed by atoms with E-state index in [0.717, 1.165) is 0 Å². The van der Waals surface area contributed by atoms with Crippen LogP contribution in [0.4, 0.5) is 0 Å². The van der Waals surface area contributed by atoms with Gasteiger partial charge in [-0.15, -0.1) is 0 Å². The zero-order valence-electron chi connectivity index (χ0n) is 12.7. The molecule has 0 spiro atoms. The van der Waals surface area contributed by atoms with E-state index in [1.165, 1.54) is 69.9 Å². The van der Waals surface area contributed by atoms with Crippen LogP contribution in [0.5, 0.6) is 0 Å². The van der Waals surface area contributed by atoms with Gasteiger partial charge in [-0.2, -0.15) is 0 Å². The Labute approximate surface area is 105 Å². The zero-order chi connectivity index (χ0) is 12.8. The van der Waals surface area contributed by atoms with Crippen molar-refractivity contribution in [3.8, 4) is 0 Å². The van der Waals surface area contributed by atoms with Crippen LogP contribution < -0.4 is 0 Å². The van der Waals surface area contributed by atoms with Gasteiger partial charge in [0.05, 0.1) is 25.5 Å². The molecule has 1 rings (SSSR count).